The van der Waals surface area contributed by atoms with Crippen LogP contribution in [-0.2, 0) is 0 Å². The molecule has 1 nitrogen and oxygen atoms in total. The monoisotopic (exact) mass is 180 g/mol. The Kier molecular flexibility index (Phi) is 10.3. The Balaban J connectivity index is 2.65. The largest absolute Gasteiger partial charge is 0.357 e. The second-order valence-electron chi connectivity index (χ2n) is 2.08. The number of quaternary nitrogens is 1. The van der Waals surface area contributed by atoms with Gasteiger partial charge in [0.05, 0.1) is 6.54 Å². The molecule has 0 aromatic rings. The quantitative estimate of drug-likeness (QED) is 0.594. The van der Waals surface area contributed by atoms with Crippen molar-refractivity contribution in [3.8, 4) is 0 Å². The maximum absolute atomic E-state index is 3.79. The Labute approximate surface area is 72.5 Å². The number of thioether (sulfide) groups is 2. The molecule has 0 saturated carbocycles. The molecule has 3 heteroatoms. The highest BCUT2D eigenvalue weighted by Gasteiger charge is 1.88. The first-order chi connectivity index (χ1) is 4.91. The van der Waals surface area contributed by atoms with Crippen molar-refractivity contribution in [2.45, 2.75) is 13.3 Å². The van der Waals surface area contributed by atoms with Gasteiger partial charge in [-0.3, -0.25) is 0 Å². The highest BCUT2D eigenvalue weighted by atomic mass is 32.2. The van der Waals surface area contributed by atoms with E-state index in [1.165, 1.54) is 29.4 Å². The van der Waals surface area contributed by atoms with E-state index >= 15 is 0 Å². The van der Waals surface area contributed by atoms with Crippen LogP contribution >= 0.6 is 23.5 Å². The van der Waals surface area contributed by atoms with Crippen molar-refractivity contribution in [1.29, 1.82) is 0 Å². The average Bonchev–Trinajstić information content (AvgIpc) is 1.97. The Hall–Kier alpha value is 0.660. The molecule has 3 N–H and O–H groups in total. The molecule has 62 valence electrons. The zero-order chi connectivity index (χ0) is 7.66. The third-order valence-corrected chi connectivity index (χ3v) is 3.53. The van der Waals surface area contributed by atoms with Crippen LogP contribution in [-0.4, -0.2) is 29.6 Å². The summed E-state index contributed by atoms with van der Waals surface area (Å²) in [6.07, 6.45) is 1.31. The standard InChI is InChI=1S/C7H17NS2/c1-2-4-9-6-7-10-5-3-8/h2-8H2,1H3/p+1. The van der Waals surface area contributed by atoms with Gasteiger partial charge in [-0.05, 0) is 12.2 Å². The first-order valence-corrected chi connectivity index (χ1v) is 6.17. The minimum Gasteiger partial charge on any atom is -0.357 e. The molecule has 0 heterocycles. The summed E-state index contributed by atoms with van der Waals surface area (Å²) in [5.74, 6) is 5.18. The molecule has 0 amide bonds. The summed E-state index contributed by atoms with van der Waals surface area (Å²) in [5, 5.41) is 0. The van der Waals surface area contributed by atoms with Crippen LogP contribution in [0.2, 0.25) is 0 Å². The second kappa shape index (κ2) is 9.66. The highest BCUT2D eigenvalue weighted by molar-refractivity contribution is 8.02. The topological polar surface area (TPSA) is 27.6 Å². The van der Waals surface area contributed by atoms with Crippen LogP contribution in [0.4, 0.5) is 0 Å². The Morgan fingerprint density at radius 2 is 1.60 bits per heavy atom. The summed E-state index contributed by atoms with van der Waals surface area (Å²) in [7, 11) is 0. The molecule has 0 saturated heterocycles. The normalized spacial score (nSPS) is 10.2. The lowest BCUT2D eigenvalue weighted by Gasteiger charge is -1.97. The molecule has 0 radical (unpaired) electrons. The van der Waals surface area contributed by atoms with Crippen molar-refractivity contribution >= 4 is 23.5 Å². The molecule has 0 aliphatic heterocycles. The molecule has 10 heavy (non-hydrogen) atoms. The zero-order valence-electron chi connectivity index (χ0n) is 6.77. The maximum Gasteiger partial charge on any atom is 0.0831 e. The van der Waals surface area contributed by atoms with Gasteiger partial charge in [0, 0.05) is 17.3 Å². The molecule has 0 bridgehead atoms. The average molecular weight is 180 g/mol. The minimum absolute atomic E-state index is 1.07. The summed E-state index contributed by atoms with van der Waals surface area (Å²) in [6.45, 7) is 3.30. The molecule has 0 aliphatic rings. The van der Waals surface area contributed by atoms with E-state index in [1.807, 2.05) is 11.8 Å². The van der Waals surface area contributed by atoms with E-state index in [0.29, 0.717) is 0 Å². The summed E-state index contributed by atoms with van der Waals surface area (Å²) in [6, 6.07) is 0. The summed E-state index contributed by atoms with van der Waals surface area (Å²) in [4.78, 5) is 0. The van der Waals surface area contributed by atoms with Gasteiger partial charge in [-0.25, -0.2) is 0 Å². The molecule has 0 fully saturated rings. The van der Waals surface area contributed by atoms with E-state index in [9.17, 15) is 0 Å². The third kappa shape index (κ3) is 8.66. The predicted octanol–water partition coefficient (Wildman–Crippen LogP) is 1.10. The summed E-state index contributed by atoms with van der Waals surface area (Å²) >= 11 is 4.08. The van der Waals surface area contributed by atoms with Gasteiger partial charge < -0.3 is 5.73 Å². The van der Waals surface area contributed by atoms with Crippen LogP contribution in [0.5, 0.6) is 0 Å². The fourth-order valence-electron chi connectivity index (χ4n) is 0.568. The lowest BCUT2D eigenvalue weighted by molar-refractivity contribution is -0.360. The zero-order valence-corrected chi connectivity index (χ0v) is 8.40. The van der Waals surface area contributed by atoms with Gasteiger partial charge in [0.15, 0.2) is 0 Å². The molecule has 0 unspecified atom stereocenters. The van der Waals surface area contributed by atoms with Crippen molar-refractivity contribution in [3.63, 3.8) is 0 Å². The van der Waals surface area contributed by atoms with Gasteiger partial charge in [0.2, 0.25) is 0 Å². The van der Waals surface area contributed by atoms with E-state index in [1.54, 1.807) is 0 Å². The fraction of sp³-hybridized carbons (Fsp3) is 1.00. The van der Waals surface area contributed by atoms with Gasteiger partial charge in [0.1, 0.15) is 0 Å². The van der Waals surface area contributed by atoms with Crippen molar-refractivity contribution in [3.05, 3.63) is 0 Å². The minimum atomic E-state index is 1.07. The second-order valence-corrected chi connectivity index (χ2v) is 4.53. The highest BCUT2D eigenvalue weighted by Crippen LogP contribution is 2.06. The van der Waals surface area contributed by atoms with Crippen molar-refractivity contribution in [2.24, 2.45) is 0 Å². The van der Waals surface area contributed by atoms with Crippen LogP contribution < -0.4 is 5.73 Å². The smallest absolute Gasteiger partial charge is 0.0831 e. The predicted molar refractivity (Wildman–Crippen MR) is 52.7 cm³/mol. The Morgan fingerprint density at radius 1 is 1.00 bits per heavy atom. The number of rotatable bonds is 7. The SMILES string of the molecule is CCCSCCSCC[NH3+]. The molecule has 0 atom stereocenters. The van der Waals surface area contributed by atoms with Crippen molar-refractivity contribution in [2.75, 3.05) is 29.6 Å². The molecule has 0 aromatic carbocycles. The molecule has 0 rings (SSSR count). The first-order valence-electron chi connectivity index (χ1n) is 3.86. The lowest BCUT2D eigenvalue weighted by Crippen LogP contribution is -2.51. The van der Waals surface area contributed by atoms with E-state index < -0.39 is 0 Å². The van der Waals surface area contributed by atoms with E-state index in [2.05, 4.69) is 24.4 Å². The maximum atomic E-state index is 3.79. The molecule has 0 aromatic heterocycles. The van der Waals surface area contributed by atoms with E-state index in [4.69, 9.17) is 0 Å². The third-order valence-electron chi connectivity index (χ3n) is 1.01. The lowest BCUT2D eigenvalue weighted by atomic mass is 10.6. The van der Waals surface area contributed by atoms with Crippen molar-refractivity contribution < 1.29 is 5.73 Å². The molecular weight excluding hydrogens is 162 g/mol. The molecule has 0 aliphatic carbocycles. The van der Waals surface area contributed by atoms with E-state index in [-0.39, 0.29) is 0 Å². The molecule has 0 spiro atoms. The van der Waals surface area contributed by atoms with Crippen LogP contribution in [0.3, 0.4) is 0 Å². The summed E-state index contributed by atoms with van der Waals surface area (Å²) < 4.78 is 0. The van der Waals surface area contributed by atoms with Crippen LogP contribution in [0.15, 0.2) is 0 Å². The Morgan fingerprint density at radius 3 is 2.10 bits per heavy atom. The van der Waals surface area contributed by atoms with Gasteiger partial charge in [-0.2, -0.15) is 23.5 Å². The summed E-state index contributed by atoms with van der Waals surface area (Å²) in [5.41, 5.74) is 3.79. The van der Waals surface area contributed by atoms with Gasteiger partial charge >= 0.3 is 0 Å². The van der Waals surface area contributed by atoms with Gasteiger partial charge in [-0.1, -0.05) is 6.92 Å². The number of hydrogen-bond donors (Lipinski definition) is 1. The van der Waals surface area contributed by atoms with Gasteiger partial charge in [-0.15, -0.1) is 0 Å². The number of hydrogen-bond acceptors (Lipinski definition) is 2. The van der Waals surface area contributed by atoms with Gasteiger partial charge in [0.25, 0.3) is 0 Å². The van der Waals surface area contributed by atoms with E-state index in [0.717, 1.165) is 6.54 Å². The molecular formula is C7H18NS2+. The van der Waals surface area contributed by atoms with Crippen LogP contribution in [0, 0.1) is 0 Å². The Bertz CT molecular complexity index is 51.6. The fourth-order valence-corrected chi connectivity index (χ4v) is 2.41. The van der Waals surface area contributed by atoms with Crippen LogP contribution in [0.1, 0.15) is 13.3 Å². The van der Waals surface area contributed by atoms with Crippen LogP contribution in [0.25, 0.3) is 0 Å². The first kappa shape index (κ1) is 10.7. The van der Waals surface area contributed by atoms with Crippen molar-refractivity contribution in [1.82, 2.24) is 0 Å².